The van der Waals surface area contributed by atoms with Crippen molar-refractivity contribution in [1.29, 1.82) is 0 Å². The van der Waals surface area contributed by atoms with Gasteiger partial charge < -0.3 is 4.74 Å². The number of ether oxygens (including phenoxy) is 1. The largest absolute Gasteiger partial charge is 0.449 e. The molecule has 0 atom stereocenters. The first-order valence-corrected chi connectivity index (χ1v) is 7.08. The zero-order chi connectivity index (χ0) is 13.9. The second kappa shape index (κ2) is 5.57. The van der Waals surface area contributed by atoms with Gasteiger partial charge in [-0.05, 0) is 28.5 Å². The zero-order valence-corrected chi connectivity index (χ0v) is 12.3. The average molecular weight is 268 g/mol. The second-order valence-corrected chi connectivity index (χ2v) is 6.35. The molecule has 0 radical (unpaired) electrons. The smallest absolute Gasteiger partial charge is 0.249 e. The molecule has 1 aromatic rings. The van der Waals surface area contributed by atoms with Crippen LogP contribution in [0.4, 0.5) is 0 Å². The van der Waals surface area contributed by atoms with E-state index in [4.69, 9.17) is 4.74 Å². The molecule has 0 aliphatic heterocycles. The van der Waals surface area contributed by atoms with E-state index >= 15 is 0 Å². The topological polar surface area (TPSA) is 43.4 Å². The first kappa shape index (κ1) is 14.8. The van der Waals surface area contributed by atoms with Crippen molar-refractivity contribution in [1.82, 2.24) is 0 Å². The summed E-state index contributed by atoms with van der Waals surface area (Å²) in [6.45, 7) is 10.6. The highest BCUT2D eigenvalue weighted by Gasteiger charge is 2.17. The maximum atomic E-state index is 10.5. The predicted octanol–water partition coefficient (Wildman–Crippen LogP) is 3.13. The molecule has 0 amide bonds. The van der Waals surface area contributed by atoms with Crippen molar-refractivity contribution < 1.29 is 13.2 Å². The van der Waals surface area contributed by atoms with Crippen LogP contribution in [0.1, 0.15) is 51.7 Å². The van der Waals surface area contributed by atoms with Gasteiger partial charge in [0.1, 0.15) is 5.75 Å². The molecule has 1 aromatic carbocycles. The highest BCUT2D eigenvalue weighted by atomic mass is 32.2. The van der Waals surface area contributed by atoms with Crippen molar-refractivity contribution in [3.8, 4) is 5.75 Å². The molecule has 0 heterocycles. The molecule has 0 spiro atoms. The van der Waals surface area contributed by atoms with Crippen molar-refractivity contribution in [2.75, 3.05) is 0 Å². The summed E-state index contributed by atoms with van der Waals surface area (Å²) in [5.41, 5.74) is 3.11. The maximum Gasteiger partial charge on any atom is 0.249 e. The summed E-state index contributed by atoms with van der Waals surface area (Å²) in [6, 6.07) is 5.89. The van der Waals surface area contributed by atoms with Gasteiger partial charge in [0.15, 0.2) is 0 Å². The van der Waals surface area contributed by atoms with Crippen molar-refractivity contribution in [2.24, 2.45) is 0 Å². The van der Waals surface area contributed by atoms with Crippen LogP contribution in [0.25, 0.3) is 0 Å². The Morgan fingerprint density at radius 2 is 1.83 bits per heavy atom. The highest BCUT2D eigenvalue weighted by molar-refractivity contribution is 7.71. The lowest BCUT2D eigenvalue weighted by Crippen LogP contribution is -2.12. The molecule has 18 heavy (non-hydrogen) atoms. The molecular weight excluding hydrogens is 248 g/mol. The van der Waals surface area contributed by atoms with Gasteiger partial charge in [-0.15, -0.1) is 0 Å². The molecule has 4 heteroatoms. The third-order valence-electron chi connectivity index (χ3n) is 2.75. The van der Waals surface area contributed by atoms with Crippen molar-refractivity contribution in [3.63, 3.8) is 0 Å². The fraction of sp³-hybridized carbons (Fsp3) is 0.500. The molecule has 1 rings (SSSR count). The minimum Gasteiger partial charge on any atom is -0.449 e. The number of hydrogen-bond donors (Lipinski definition) is 0. The van der Waals surface area contributed by atoms with Crippen molar-refractivity contribution in [2.45, 2.75) is 46.0 Å². The Hall–Kier alpha value is -1.29. The number of hydrogen-bond acceptors (Lipinski definition) is 3. The van der Waals surface area contributed by atoms with E-state index in [9.17, 15) is 8.42 Å². The van der Waals surface area contributed by atoms with E-state index in [2.05, 4.69) is 40.7 Å². The Bertz CT molecular complexity index is 541. The summed E-state index contributed by atoms with van der Waals surface area (Å²) in [5, 5.41) is 0. The molecule has 0 aliphatic carbocycles. The van der Waals surface area contributed by atoms with Crippen LogP contribution in [0.5, 0.6) is 5.75 Å². The van der Waals surface area contributed by atoms with Crippen molar-refractivity contribution in [3.05, 3.63) is 29.3 Å². The molecule has 0 fully saturated rings. The Morgan fingerprint density at radius 3 is 2.28 bits per heavy atom. The third kappa shape index (κ3) is 3.88. The SMILES string of the molecule is CC(C)c1cc(C(C)(C)C)ccc1OC=S(=O)=O. The predicted molar refractivity (Wildman–Crippen MR) is 74.8 cm³/mol. The first-order valence-electron chi connectivity index (χ1n) is 5.94. The second-order valence-electron chi connectivity index (χ2n) is 5.63. The fourth-order valence-electron chi connectivity index (χ4n) is 1.66. The Kier molecular flexibility index (Phi) is 4.57. The van der Waals surface area contributed by atoms with E-state index in [-0.39, 0.29) is 11.3 Å². The quantitative estimate of drug-likeness (QED) is 0.791. The monoisotopic (exact) mass is 268 g/mol. The third-order valence-corrected chi connectivity index (χ3v) is 3.00. The van der Waals surface area contributed by atoms with Crippen LogP contribution in [-0.2, 0) is 15.7 Å². The van der Waals surface area contributed by atoms with Crippen LogP contribution in [0.2, 0.25) is 0 Å². The number of benzene rings is 1. The van der Waals surface area contributed by atoms with Gasteiger partial charge in [0.05, 0.1) is 0 Å². The highest BCUT2D eigenvalue weighted by Crippen LogP contribution is 2.32. The standard InChI is InChI=1S/C14H20O3S/c1-10(2)12-8-11(14(3,4)5)6-7-13(12)17-9-18(15)16/h6-10H,1-5H3. The molecule has 0 aliphatic rings. The minimum atomic E-state index is -2.31. The summed E-state index contributed by atoms with van der Waals surface area (Å²) in [4.78, 5) is 0. The zero-order valence-electron chi connectivity index (χ0n) is 11.5. The molecule has 100 valence electrons. The van der Waals surface area contributed by atoms with E-state index in [0.717, 1.165) is 11.1 Å². The summed E-state index contributed by atoms with van der Waals surface area (Å²) in [7, 11) is -2.31. The Labute approximate surface area is 110 Å². The van der Waals surface area contributed by atoms with Gasteiger partial charge in [0.25, 0.3) is 0 Å². The lowest BCUT2D eigenvalue weighted by atomic mass is 9.84. The summed E-state index contributed by atoms with van der Waals surface area (Å²) < 4.78 is 26.2. The van der Waals surface area contributed by atoms with Crippen LogP contribution < -0.4 is 4.74 Å². The van der Waals surface area contributed by atoms with E-state index < -0.39 is 10.3 Å². The van der Waals surface area contributed by atoms with Gasteiger partial charge in [-0.2, -0.15) is 8.42 Å². The van der Waals surface area contributed by atoms with Gasteiger partial charge >= 0.3 is 0 Å². The minimum absolute atomic E-state index is 0.0627. The van der Waals surface area contributed by atoms with Crippen LogP contribution in [-0.4, -0.2) is 14.0 Å². The Morgan fingerprint density at radius 1 is 1.22 bits per heavy atom. The summed E-state index contributed by atoms with van der Waals surface area (Å²) in [5.74, 6) is 0.873. The molecule has 3 nitrogen and oxygen atoms in total. The van der Waals surface area contributed by atoms with Gasteiger partial charge in [-0.3, -0.25) is 0 Å². The molecule has 0 unspecified atom stereocenters. The first-order chi connectivity index (χ1) is 8.21. The van der Waals surface area contributed by atoms with Gasteiger partial charge in [0, 0.05) is 0 Å². The molecule has 0 N–H and O–H groups in total. The maximum absolute atomic E-state index is 10.5. The Balaban J connectivity index is 3.25. The van der Waals surface area contributed by atoms with Crippen LogP contribution in [0, 0.1) is 0 Å². The average Bonchev–Trinajstić information content (AvgIpc) is 2.24. The molecule has 0 aromatic heterocycles. The van der Waals surface area contributed by atoms with Crippen LogP contribution in [0.3, 0.4) is 0 Å². The summed E-state index contributed by atoms with van der Waals surface area (Å²) in [6.07, 6.45) is 0. The molecular formula is C14H20O3S. The van der Waals surface area contributed by atoms with Crippen molar-refractivity contribution >= 4 is 15.8 Å². The fourth-order valence-corrected chi connectivity index (χ4v) is 1.85. The lowest BCUT2D eigenvalue weighted by molar-refractivity contribution is 0.554. The van der Waals surface area contributed by atoms with Gasteiger partial charge in [-0.25, -0.2) is 0 Å². The van der Waals surface area contributed by atoms with Crippen LogP contribution in [0.15, 0.2) is 18.2 Å². The molecule has 0 bridgehead atoms. The van der Waals surface area contributed by atoms with E-state index in [0.29, 0.717) is 5.75 Å². The summed E-state index contributed by atoms with van der Waals surface area (Å²) >= 11 is 0. The van der Waals surface area contributed by atoms with E-state index in [1.165, 1.54) is 5.56 Å². The molecule has 0 saturated carbocycles. The van der Waals surface area contributed by atoms with Gasteiger partial charge in [-0.1, -0.05) is 46.8 Å². The van der Waals surface area contributed by atoms with Crippen LogP contribution >= 0.6 is 0 Å². The number of rotatable bonds is 3. The molecule has 0 saturated heterocycles. The van der Waals surface area contributed by atoms with E-state index in [1.54, 1.807) is 0 Å². The van der Waals surface area contributed by atoms with Gasteiger partial charge in [0.2, 0.25) is 15.8 Å². The lowest BCUT2D eigenvalue weighted by Gasteiger charge is -2.22. The van der Waals surface area contributed by atoms with E-state index in [1.807, 2.05) is 12.1 Å². The normalized spacial score (nSPS) is 11.4.